The smallest absolute Gasteiger partial charge is 0.333 e. The summed E-state index contributed by atoms with van der Waals surface area (Å²) in [6, 6.07) is 13.9. The summed E-state index contributed by atoms with van der Waals surface area (Å²) in [7, 11) is 0. The number of halogens is 3. The lowest BCUT2D eigenvalue weighted by molar-refractivity contribution is -0.146. The Morgan fingerprint density at radius 2 is 1.94 bits per heavy atom. The van der Waals surface area contributed by atoms with E-state index >= 15 is 0 Å². The molecule has 0 radical (unpaired) electrons. The van der Waals surface area contributed by atoms with Crippen molar-refractivity contribution in [2.24, 2.45) is 0 Å². The van der Waals surface area contributed by atoms with Crippen molar-refractivity contribution in [3.8, 4) is 0 Å². The Morgan fingerprint density at radius 3 is 2.71 bits per heavy atom. The Bertz CT molecular complexity index is 1180. The molecule has 160 valence electrons. The second kappa shape index (κ2) is 8.63. The molecule has 0 saturated heterocycles. The van der Waals surface area contributed by atoms with Gasteiger partial charge in [-0.25, -0.2) is 9.97 Å². The number of aryl methyl sites for hydroxylation is 1. The number of carbonyl (C=O) groups excluding carboxylic acids is 1. The highest BCUT2D eigenvalue weighted by atomic mass is 19.4. The van der Waals surface area contributed by atoms with E-state index in [-0.39, 0.29) is 30.8 Å². The summed E-state index contributed by atoms with van der Waals surface area (Å²) < 4.78 is 43.1. The van der Waals surface area contributed by atoms with E-state index < -0.39 is 12.0 Å². The van der Waals surface area contributed by atoms with E-state index in [0.29, 0.717) is 17.7 Å². The maximum atomic E-state index is 13.4. The van der Waals surface area contributed by atoms with Crippen LogP contribution in [0.3, 0.4) is 0 Å². The molecule has 4 aromatic rings. The van der Waals surface area contributed by atoms with Gasteiger partial charge < -0.3 is 14.5 Å². The fourth-order valence-corrected chi connectivity index (χ4v) is 3.48. The average Bonchev–Trinajstić information content (AvgIpc) is 3.36. The first kappa shape index (κ1) is 20.6. The van der Waals surface area contributed by atoms with Crippen molar-refractivity contribution in [1.82, 2.24) is 19.1 Å². The van der Waals surface area contributed by atoms with Crippen LogP contribution in [0.15, 0.2) is 67.3 Å². The number of alkyl halides is 3. The number of aromatic nitrogens is 4. The Hall–Kier alpha value is -3.62. The van der Waals surface area contributed by atoms with Gasteiger partial charge in [-0.3, -0.25) is 4.79 Å². The monoisotopic (exact) mass is 427 g/mol. The average molecular weight is 427 g/mol. The minimum absolute atomic E-state index is 0.0451. The number of benzene rings is 2. The van der Waals surface area contributed by atoms with Crippen LogP contribution in [0.2, 0.25) is 0 Å². The van der Waals surface area contributed by atoms with Crippen molar-refractivity contribution < 1.29 is 18.0 Å². The lowest BCUT2D eigenvalue weighted by atomic mass is 10.2. The van der Waals surface area contributed by atoms with Crippen molar-refractivity contribution in [2.75, 3.05) is 5.32 Å². The van der Waals surface area contributed by atoms with Crippen LogP contribution in [-0.4, -0.2) is 25.0 Å². The number of amides is 1. The highest BCUT2D eigenvalue weighted by Gasteiger charge is 2.37. The quantitative estimate of drug-likeness (QED) is 0.464. The lowest BCUT2D eigenvalue weighted by Crippen LogP contribution is -2.17. The highest BCUT2D eigenvalue weighted by molar-refractivity contribution is 5.90. The summed E-state index contributed by atoms with van der Waals surface area (Å²) in [5.41, 5.74) is 2.33. The molecule has 0 aliphatic heterocycles. The summed E-state index contributed by atoms with van der Waals surface area (Å²) >= 11 is 0. The predicted octanol–water partition coefficient (Wildman–Crippen LogP) is 4.72. The van der Waals surface area contributed by atoms with Crippen molar-refractivity contribution in [2.45, 2.75) is 32.1 Å². The Morgan fingerprint density at radius 1 is 1.10 bits per heavy atom. The molecule has 0 atom stereocenters. The SMILES string of the molecule is O=C(CCCn1c(C(F)(F)F)nc2ccccc21)Nc1cccc(Cn2ccnc2)c1. The number of hydrogen-bond donors (Lipinski definition) is 1. The zero-order valence-corrected chi connectivity index (χ0v) is 16.5. The first-order valence-electron chi connectivity index (χ1n) is 9.77. The molecule has 0 bridgehead atoms. The van der Waals surface area contributed by atoms with E-state index in [2.05, 4.69) is 15.3 Å². The van der Waals surface area contributed by atoms with E-state index in [1.807, 2.05) is 29.0 Å². The van der Waals surface area contributed by atoms with Crippen LogP contribution >= 0.6 is 0 Å². The number of rotatable bonds is 7. The Kier molecular flexibility index (Phi) is 5.75. The molecule has 0 fully saturated rings. The molecule has 9 heteroatoms. The van der Waals surface area contributed by atoms with Crippen LogP contribution in [0.1, 0.15) is 24.2 Å². The minimum Gasteiger partial charge on any atom is -0.333 e. The number of nitrogens with one attached hydrogen (secondary N) is 1. The summed E-state index contributed by atoms with van der Waals surface area (Å²) in [5.74, 6) is -1.20. The molecule has 6 nitrogen and oxygen atoms in total. The third-order valence-electron chi connectivity index (χ3n) is 4.83. The van der Waals surface area contributed by atoms with Crippen LogP contribution in [0.4, 0.5) is 18.9 Å². The first-order valence-corrected chi connectivity index (χ1v) is 9.77. The Balaban J connectivity index is 1.38. The molecule has 2 aromatic heterocycles. The van der Waals surface area contributed by atoms with Crippen LogP contribution in [0, 0.1) is 0 Å². The van der Waals surface area contributed by atoms with Gasteiger partial charge in [-0.15, -0.1) is 0 Å². The van der Waals surface area contributed by atoms with E-state index in [1.165, 1.54) is 0 Å². The summed E-state index contributed by atoms with van der Waals surface area (Å²) in [4.78, 5) is 20.1. The van der Waals surface area contributed by atoms with E-state index in [0.717, 1.165) is 10.1 Å². The van der Waals surface area contributed by atoms with E-state index in [4.69, 9.17) is 0 Å². The molecule has 1 amide bonds. The summed E-state index contributed by atoms with van der Waals surface area (Å²) in [6.07, 6.45) is 1.04. The van der Waals surface area contributed by atoms with E-state index in [1.54, 1.807) is 42.9 Å². The molecule has 2 heterocycles. The Labute approximate surface area is 176 Å². The van der Waals surface area contributed by atoms with Crippen LogP contribution in [0.25, 0.3) is 11.0 Å². The number of imidazole rings is 2. The molecule has 31 heavy (non-hydrogen) atoms. The molecule has 0 unspecified atom stereocenters. The molecule has 1 N–H and O–H groups in total. The van der Waals surface area contributed by atoms with Gasteiger partial charge in [0.2, 0.25) is 11.7 Å². The largest absolute Gasteiger partial charge is 0.449 e. The van der Waals surface area contributed by atoms with Gasteiger partial charge in [-0.1, -0.05) is 24.3 Å². The van der Waals surface area contributed by atoms with Gasteiger partial charge >= 0.3 is 6.18 Å². The van der Waals surface area contributed by atoms with Gasteiger partial charge in [0, 0.05) is 37.6 Å². The lowest BCUT2D eigenvalue weighted by Gasteiger charge is -2.12. The first-order chi connectivity index (χ1) is 14.9. The topological polar surface area (TPSA) is 64.7 Å². The number of nitrogens with zero attached hydrogens (tertiary/aromatic N) is 4. The number of carbonyl (C=O) groups is 1. The fourth-order valence-electron chi connectivity index (χ4n) is 3.48. The summed E-state index contributed by atoms with van der Waals surface area (Å²) in [5, 5.41) is 2.81. The molecule has 4 rings (SSSR count). The molecule has 0 saturated carbocycles. The maximum Gasteiger partial charge on any atom is 0.449 e. The van der Waals surface area contributed by atoms with Crippen LogP contribution in [-0.2, 0) is 24.1 Å². The van der Waals surface area contributed by atoms with Crippen molar-refractivity contribution >= 4 is 22.6 Å². The van der Waals surface area contributed by atoms with Gasteiger partial charge in [-0.05, 0) is 36.2 Å². The minimum atomic E-state index is -4.56. The molecule has 0 spiro atoms. The van der Waals surface area contributed by atoms with Gasteiger partial charge in [0.1, 0.15) is 0 Å². The van der Waals surface area contributed by atoms with Gasteiger partial charge in [0.25, 0.3) is 0 Å². The maximum absolute atomic E-state index is 13.4. The number of anilines is 1. The second-order valence-electron chi connectivity index (χ2n) is 7.16. The predicted molar refractivity (Wildman–Crippen MR) is 110 cm³/mol. The summed E-state index contributed by atoms with van der Waals surface area (Å²) in [6.45, 7) is 0.668. The zero-order chi connectivity index (χ0) is 21.8. The van der Waals surface area contributed by atoms with Crippen molar-refractivity contribution in [3.05, 3.63) is 78.6 Å². The third-order valence-corrected chi connectivity index (χ3v) is 4.83. The van der Waals surface area contributed by atoms with E-state index in [9.17, 15) is 18.0 Å². The van der Waals surface area contributed by atoms with Crippen LogP contribution < -0.4 is 5.32 Å². The highest BCUT2D eigenvalue weighted by Crippen LogP contribution is 2.31. The molecular weight excluding hydrogens is 407 g/mol. The molecule has 2 aromatic carbocycles. The normalized spacial score (nSPS) is 11.7. The molecule has 0 aliphatic carbocycles. The standard InChI is InChI=1S/C22H20F3N5O/c23-22(24,25)21-28-18-7-1-2-8-19(18)30(21)11-4-9-20(31)27-17-6-3-5-16(13-17)14-29-12-10-26-15-29/h1-3,5-8,10,12-13,15H,4,9,11,14H2,(H,27,31). The fraction of sp³-hybridized carbons (Fsp3) is 0.227. The van der Waals surface area contributed by atoms with Gasteiger partial charge in [0.15, 0.2) is 0 Å². The number of fused-ring (bicyclic) bond motifs is 1. The third kappa shape index (κ3) is 4.93. The van der Waals surface area contributed by atoms with Crippen molar-refractivity contribution in [1.29, 1.82) is 0 Å². The zero-order valence-electron chi connectivity index (χ0n) is 16.5. The van der Waals surface area contributed by atoms with Crippen LogP contribution in [0.5, 0.6) is 0 Å². The number of hydrogen-bond acceptors (Lipinski definition) is 3. The van der Waals surface area contributed by atoms with Gasteiger partial charge in [0.05, 0.1) is 17.4 Å². The van der Waals surface area contributed by atoms with Gasteiger partial charge in [-0.2, -0.15) is 13.2 Å². The molecular formula is C22H20F3N5O. The second-order valence-corrected chi connectivity index (χ2v) is 7.16. The van der Waals surface area contributed by atoms with Crippen molar-refractivity contribution in [3.63, 3.8) is 0 Å². The molecule has 0 aliphatic rings. The number of para-hydroxylation sites is 2.